The maximum atomic E-state index is 13.2. The van der Waals surface area contributed by atoms with Gasteiger partial charge in [-0.25, -0.2) is 0 Å². The molecule has 1 aromatic carbocycles. The first-order valence-electron chi connectivity index (χ1n) is 10.1. The van der Waals surface area contributed by atoms with E-state index in [1.165, 1.54) is 0 Å². The third kappa shape index (κ3) is 3.74. The van der Waals surface area contributed by atoms with E-state index in [9.17, 15) is 9.59 Å². The molecule has 6 nitrogen and oxygen atoms in total. The lowest BCUT2D eigenvalue weighted by Gasteiger charge is -2.36. The topological polar surface area (TPSA) is 62.7 Å². The van der Waals surface area contributed by atoms with Crippen LogP contribution in [0.1, 0.15) is 34.5 Å². The van der Waals surface area contributed by atoms with E-state index in [0.29, 0.717) is 45.0 Å². The number of morpholine rings is 1. The Morgan fingerprint density at radius 3 is 2.64 bits per heavy atom. The zero-order valence-corrected chi connectivity index (χ0v) is 16.6. The molecule has 2 aliphatic rings. The molecule has 2 saturated heterocycles. The van der Waals surface area contributed by atoms with Crippen LogP contribution in [0.25, 0.3) is 10.9 Å². The number of carbonyl (C=O) groups is 2. The van der Waals surface area contributed by atoms with E-state index in [1.807, 2.05) is 41.8 Å². The number of ether oxygens (including phenoxy) is 1. The Morgan fingerprint density at radius 1 is 1.07 bits per heavy atom. The second kappa shape index (κ2) is 7.87. The number of piperidine rings is 1. The minimum absolute atomic E-state index is 0.0205. The van der Waals surface area contributed by atoms with Crippen LogP contribution in [0.3, 0.4) is 0 Å². The molecule has 0 N–H and O–H groups in total. The van der Waals surface area contributed by atoms with Crippen LogP contribution in [-0.4, -0.2) is 66.0 Å². The zero-order valence-electron chi connectivity index (χ0n) is 16.6. The van der Waals surface area contributed by atoms with Gasteiger partial charge in [0.05, 0.1) is 35.9 Å². The van der Waals surface area contributed by atoms with Crippen molar-refractivity contribution in [1.82, 2.24) is 14.8 Å². The normalized spacial score (nSPS) is 20.4. The lowest BCUT2D eigenvalue weighted by atomic mass is 9.95. The number of pyridine rings is 1. The maximum Gasteiger partial charge on any atom is 0.255 e. The second-order valence-corrected chi connectivity index (χ2v) is 7.85. The van der Waals surface area contributed by atoms with Crippen LogP contribution in [-0.2, 0) is 9.53 Å². The van der Waals surface area contributed by atoms with E-state index in [2.05, 4.69) is 11.1 Å². The molecule has 2 amide bonds. The van der Waals surface area contributed by atoms with E-state index in [-0.39, 0.29) is 17.7 Å². The molecule has 28 heavy (non-hydrogen) atoms. The molecule has 0 radical (unpaired) electrons. The van der Waals surface area contributed by atoms with Gasteiger partial charge in [0.2, 0.25) is 5.91 Å². The molecule has 3 heterocycles. The Morgan fingerprint density at radius 2 is 1.86 bits per heavy atom. The fourth-order valence-corrected chi connectivity index (χ4v) is 4.18. The monoisotopic (exact) mass is 381 g/mol. The van der Waals surface area contributed by atoms with Crippen LogP contribution >= 0.6 is 0 Å². The zero-order chi connectivity index (χ0) is 19.7. The summed E-state index contributed by atoms with van der Waals surface area (Å²) in [6.45, 7) is 7.59. The van der Waals surface area contributed by atoms with Gasteiger partial charge in [0.1, 0.15) is 0 Å². The Bertz CT molecular complexity index is 905. The summed E-state index contributed by atoms with van der Waals surface area (Å²) in [6, 6.07) is 8.02. The number of fused-ring (bicyclic) bond motifs is 1. The molecule has 2 aliphatic heterocycles. The Labute approximate surface area is 165 Å². The summed E-state index contributed by atoms with van der Waals surface area (Å²) in [5, 5.41) is 0.979. The molecule has 6 heteroatoms. The smallest absolute Gasteiger partial charge is 0.255 e. The van der Waals surface area contributed by atoms with Crippen LogP contribution < -0.4 is 0 Å². The van der Waals surface area contributed by atoms with Crippen molar-refractivity contribution >= 4 is 22.7 Å². The van der Waals surface area contributed by atoms with Gasteiger partial charge in [-0.3, -0.25) is 14.6 Å². The molecule has 1 atom stereocenters. The number of benzene rings is 1. The van der Waals surface area contributed by atoms with Crippen molar-refractivity contribution in [2.45, 2.75) is 26.7 Å². The third-order valence-corrected chi connectivity index (χ3v) is 5.77. The summed E-state index contributed by atoms with van der Waals surface area (Å²) in [5.41, 5.74) is 3.42. The van der Waals surface area contributed by atoms with E-state index >= 15 is 0 Å². The lowest BCUT2D eigenvalue weighted by molar-refractivity contribution is -0.141. The largest absolute Gasteiger partial charge is 0.378 e. The molecule has 0 saturated carbocycles. The number of aryl methyl sites for hydroxylation is 2. The highest BCUT2D eigenvalue weighted by atomic mass is 16.5. The van der Waals surface area contributed by atoms with Crippen molar-refractivity contribution in [2.24, 2.45) is 5.92 Å². The average molecular weight is 381 g/mol. The summed E-state index contributed by atoms with van der Waals surface area (Å²) in [4.78, 5) is 34.4. The molecule has 0 spiro atoms. The summed E-state index contributed by atoms with van der Waals surface area (Å²) in [5.74, 6) is 0.0180. The minimum Gasteiger partial charge on any atom is -0.378 e. The fourth-order valence-electron chi connectivity index (χ4n) is 4.18. The van der Waals surface area contributed by atoms with Gasteiger partial charge in [-0.2, -0.15) is 0 Å². The van der Waals surface area contributed by atoms with Crippen LogP contribution in [0.4, 0.5) is 0 Å². The van der Waals surface area contributed by atoms with Gasteiger partial charge in [0.15, 0.2) is 0 Å². The first-order valence-corrected chi connectivity index (χ1v) is 10.1. The van der Waals surface area contributed by atoms with Crippen LogP contribution in [0, 0.1) is 19.8 Å². The van der Waals surface area contributed by atoms with E-state index in [0.717, 1.165) is 35.0 Å². The van der Waals surface area contributed by atoms with Gasteiger partial charge in [-0.1, -0.05) is 11.6 Å². The van der Waals surface area contributed by atoms with Gasteiger partial charge in [-0.05, 0) is 44.9 Å². The van der Waals surface area contributed by atoms with Crippen molar-refractivity contribution in [3.63, 3.8) is 0 Å². The summed E-state index contributed by atoms with van der Waals surface area (Å²) < 4.78 is 5.35. The number of hydrogen-bond donors (Lipinski definition) is 0. The van der Waals surface area contributed by atoms with E-state index in [4.69, 9.17) is 4.74 Å². The van der Waals surface area contributed by atoms with Gasteiger partial charge < -0.3 is 14.5 Å². The van der Waals surface area contributed by atoms with Crippen LogP contribution in [0.15, 0.2) is 24.3 Å². The number of likely N-dealkylation sites (tertiary alicyclic amines) is 1. The molecule has 148 valence electrons. The molecule has 0 aliphatic carbocycles. The lowest BCUT2D eigenvalue weighted by Crippen LogP contribution is -2.49. The summed E-state index contributed by atoms with van der Waals surface area (Å²) in [7, 11) is 0. The van der Waals surface area contributed by atoms with Crippen LogP contribution in [0.2, 0.25) is 0 Å². The maximum absolute atomic E-state index is 13.2. The number of hydrogen-bond acceptors (Lipinski definition) is 4. The summed E-state index contributed by atoms with van der Waals surface area (Å²) >= 11 is 0. The van der Waals surface area contributed by atoms with Crippen molar-refractivity contribution in [1.29, 1.82) is 0 Å². The number of rotatable bonds is 2. The highest BCUT2D eigenvalue weighted by Gasteiger charge is 2.32. The predicted molar refractivity (Wildman–Crippen MR) is 107 cm³/mol. The Balaban J connectivity index is 1.53. The molecular formula is C22H27N3O3. The molecule has 4 rings (SSSR count). The van der Waals surface area contributed by atoms with Crippen LogP contribution in [0.5, 0.6) is 0 Å². The quantitative estimate of drug-likeness (QED) is 0.802. The number of nitrogens with zero attached hydrogens (tertiary/aromatic N) is 3. The second-order valence-electron chi connectivity index (χ2n) is 7.85. The first-order chi connectivity index (χ1) is 13.5. The van der Waals surface area contributed by atoms with Gasteiger partial charge in [0.25, 0.3) is 5.91 Å². The van der Waals surface area contributed by atoms with E-state index in [1.54, 1.807) is 0 Å². The molecule has 1 aromatic heterocycles. The highest BCUT2D eigenvalue weighted by molar-refractivity contribution is 5.99. The standard InChI is InChI=1S/C22H27N3O3/c1-15-5-6-20-18(12-15)13-19(16(2)23-20)22(27)25-7-3-4-17(14-25)21(26)24-8-10-28-11-9-24/h5-6,12-13,17H,3-4,7-11,14H2,1-2H3. The van der Waals surface area contributed by atoms with E-state index < -0.39 is 0 Å². The average Bonchev–Trinajstić information content (AvgIpc) is 2.73. The predicted octanol–water partition coefficient (Wildman–Crippen LogP) is 2.56. The van der Waals surface area contributed by atoms with Crippen molar-refractivity contribution in [3.05, 3.63) is 41.1 Å². The molecule has 2 fully saturated rings. The molecular weight excluding hydrogens is 354 g/mol. The van der Waals surface area contributed by atoms with Crippen molar-refractivity contribution in [2.75, 3.05) is 39.4 Å². The van der Waals surface area contributed by atoms with Gasteiger partial charge in [0, 0.05) is 31.6 Å². The SMILES string of the molecule is Cc1ccc2nc(C)c(C(=O)N3CCCC(C(=O)N4CCOCC4)C3)cc2c1. The minimum atomic E-state index is -0.119. The number of amides is 2. The van der Waals surface area contributed by atoms with Crippen molar-refractivity contribution < 1.29 is 14.3 Å². The Kier molecular flexibility index (Phi) is 5.31. The Hall–Kier alpha value is -2.47. The molecule has 0 bridgehead atoms. The third-order valence-electron chi connectivity index (χ3n) is 5.77. The highest BCUT2D eigenvalue weighted by Crippen LogP contribution is 2.24. The van der Waals surface area contributed by atoms with Gasteiger partial charge >= 0.3 is 0 Å². The number of carbonyl (C=O) groups excluding carboxylic acids is 2. The molecule has 1 unspecified atom stereocenters. The fraction of sp³-hybridized carbons (Fsp3) is 0.500. The van der Waals surface area contributed by atoms with Crippen molar-refractivity contribution in [3.8, 4) is 0 Å². The molecule has 2 aromatic rings. The number of aromatic nitrogens is 1. The van der Waals surface area contributed by atoms with Gasteiger partial charge in [-0.15, -0.1) is 0 Å². The summed E-state index contributed by atoms with van der Waals surface area (Å²) in [6.07, 6.45) is 1.69. The first kappa shape index (κ1) is 18.9.